The summed E-state index contributed by atoms with van der Waals surface area (Å²) < 4.78 is 0. The van der Waals surface area contributed by atoms with E-state index in [4.69, 9.17) is 28.8 Å². The molecule has 2 aliphatic rings. The summed E-state index contributed by atoms with van der Waals surface area (Å²) in [5.74, 6) is 2.35. The van der Waals surface area contributed by atoms with Gasteiger partial charge in [0.2, 0.25) is 0 Å². The van der Waals surface area contributed by atoms with E-state index in [1.54, 1.807) is 0 Å². The summed E-state index contributed by atoms with van der Waals surface area (Å²) in [5, 5.41) is 0.165. The Morgan fingerprint density at radius 2 is 1.61 bits per heavy atom. The molecular formula is C13H27ClN4. The summed E-state index contributed by atoms with van der Waals surface area (Å²) in [4.78, 5) is 2.48. The number of nitrogens with two attached hydrogens (primary N) is 3. The molecule has 4 nitrogen and oxygen atoms in total. The van der Waals surface area contributed by atoms with Gasteiger partial charge in [-0.05, 0) is 43.9 Å². The minimum Gasteiger partial charge on any atom is -0.389 e. The molecule has 106 valence electrons. The van der Waals surface area contributed by atoms with Gasteiger partial charge in [0.1, 0.15) is 0 Å². The molecule has 2 atom stereocenters. The molecule has 0 bridgehead atoms. The zero-order valence-corrected chi connectivity index (χ0v) is 11.2. The molecule has 0 radical (unpaired) electrons. The molecular weight excluding hydrogens is 248 g/mol. The minimum absolute atomic E-state index is 0. The molecule has 2 fully saturated rings. The molecule has 1 saturated carbocycles. The molecule has 1 saturated heterocycles. The first-order chi connectivity index (χ1) is 7.99. The number of hydrogen-bond donors (Lipinski definition) is 3. The van der Waals surface area contributed by atoms with Crippen LogP contribution < -0.4 is 17.2 Å². The quantitative estimate of drug-likeness (QED) is 0.503. The minimum atomic E-state index is 0. The van der Waals surface area contributed by atoms with Gasteiger partial charge < -0.3 is 22.1 Å². The van der Waals surface area contributed by atoms with Crippen molar-refractivity contribution in [3.05, 3.63) is 23.1 Å². The van der Waals surface area contributed by atoms with E-state index in [0.717, 1.165) is 11.8 Å². The number of nitrogens with zero attached hydrogens (tertiary/aromatic N) is 1. The average molecular weight is 275 g/mol. The second kappa shape index (κ2) is 8.27. The van der Waals surface area contributed by atoms with Gasteiger partial charge in [-0.3, -0.25) is 0 Å². The highest BCUT2D eigenvalue weighted by molar-refractivity contribution is 6.29. The first kappa shape index (κ1) is 17.1. The molecule has 6 N–H and O–H groups in total. The lowest BCUT2D eigenvalue weighted by Gasteiger charge is -2.06. The van der Waals surface area contributed by atoms with Gasteiger partial charge in [0.25, 0.3) is 0 Å². The zero-order valence-electron chi connectivity index (χ0n) is 10.4. The van der Waals surface area contributed by atoms with Crippen LogP contribution in [0, 0.1) is 11.8 Å². The van der Waals surface area contributed by atoms with Crippen molar-refractivity contribution in [2.24, 2.45) is 29.0 Å². The van der Waals surface area contributed by atoms with Gasteiger partial charge in [-0.25, -0.2) is 0 Å². The van der Waals surface area contributed by atoms with E-state index in [-0.39, 0.29) is 18.4 Å². The van der Waals surface area contributed by atoms with Gasteiger partial charge in [-0.2, -0.15) is 0 Å². The summed E-state index contributed by atoms with van der Waals surface area (Å²) in [6.07, 6.45) is 7.35. The second-order valence-electron chi connectivity index (χ2n) is 4.89. The number of hydrogen-bond acceptors (Lipinski definition) is 4. The highest BCUT2D eigenvalue weighted by Gasteiger charge is 2.33. The second-order valence-corrected chi connectivity index (χ2v) is 5.33. The molecule has 0 amide bonds. The van der Waals surface area contributed by atoms with Crippen molar-refractivity contribution in [1.29, 1.82) is 0 Å². The molecule has 1 heterocycles. The first-order valence-electron chi connectivity index (χ1n) is 6.01. The van der Waals surface area contributed by atoms with Crippen molar-refractivity contribution in [1.82, 2.24) is 4.90 Å². The fraction of sp³-hybridized carbons (Fsp3) is 0.692. The highest BCUT2D eigenvalue weighted by Crippen LogP contribution is 2.36. The van der Waals surface area contributed by atoms with Crippen LogP contribution in [-0.4, -0.2) is 25.0 Å². The molecule has 5 heteroatoms. The predicted octanol–water partition coefficient (Wildman–Crippen LogP) is 1.77. The molecule has 0 spiro atoms. The van der Waals surface area contributed by atoms with E-state index in [1.807, 2.05) is 0 Å². The van der Waals surface area contributed by atoms with E-state index < -0.39 is 0 Å². The lowest BCUT2D eigenvalue weighted by Crippen LogP contribution is -2.14. The molecule has 0 aromatic heterocycles. The SMILES string of the molecule is C.CN1CC2CCCC2C1.NC(N)=C/C=C(\N)Cl. The van der Waals surface area contributed by atoms with Crippen molar-refractivity contribution < 1.29 is 0 Å². The smallest absolute Gasteiger partial charge is 0.0993 e. The summed E-state index contributed by atoms with van der Waals surface area (Å²) in [5.41, 5.74) is 15.1. The van der Waals surface area contributed by atoms with Crippen LogP contribution in [0.5, 0.6) is 0 Å². The summed E-state index contributed by atoms with van der Waals surface area (Å²) in [6.45, 7) is 2.76. The number of halogens is 1. The Labute approximate surface area is 116 Å². The summed E-state index contributed by atoms with van der Waals surface area (Å²) >= 11 is 5.21. The van der Waals surface area contributed by atoms with Crippen LogP contribution in [0.25, 0.3) is 0 Å². The fourth-order valence-corrected chi connectivity index (χ4v) is 2.71. The van der Waals surface area contributed by atoms with Crippen LogP contribution in [0.4, 0.5) is 0 Å². The van der Waals surface area contributed by atoms with Gasteiger partial charge in [-0.15, -0.1) is 0 Å². The van der Waals surface area contributed by atoms with Crippen LogP contribution in [0.3, 0.4) is 0 Å². The third-order valence-electron chi connectivity index (χ3n) is 3.34. The van der Waals surface area contributed by atoms with Crippen LogP contribution in [0.1, 0.15) is 26.7 Å². The Morgan fingerprint density at radius 1 is 1.11 bits per heavy atom. The van der Waals surface area contributed by atoms with Gasteiger partial charge in [0, 0.05) is 13.1 Å². The van der Waals surface area contributed by atoms with Crippen molar-refractivity contribution in [2.75, 3.05) is 20.1 Å². The Bertz CT molecular complexity index is 265. The molecule has 2 unspecified atom stereocenters. The average Bonchev–Trinajstić information content (AvgIpc) is 2.75. The van der Waals surface area contributed by atoms with E-state index in [1.165, 1.54) is 44.5 Å². The standard InChI is InChI=1S/C8H15N.C4H8ClN3.CH4/c1-9-5-7-3-2-4-8(7)6-9;5-3(6)1-2-4(7)8;/h7-8H,2-6H2,1H3;1-2H,6-8H2;1H4/b;3-1-;. The lowest BCUT2D eigenvalue weighted by atomic mass is 10.0. The fourth-order valence-electron chi connectivity index (χ4n) is 2.65. The maximum absolute atomic E-state index is 5.21. The molecule has 1 aliphatic carbocycles. The van der Waals surface area contributed by atoms with Crippen LogP contribution in [0.15, 0.2) is 23.1 Å². The summed E-state index contributed by atoms with van der Waals surface area (Å²) in [7, 11) is 2.25. The molecule has 0 aromatic rings. The van der Waals surface area contributed by atoms with Gasteiger partial charge >= 0.3 is 0 Å². The van der Waals surface area contributed by atoms with Crippen molar-refractivity contribution in [2.45, 2.75) is 26.7 Å². The number of rotatable bonds is 1. The lowest BCUT2D eigenvalue weighted by molar-refractivity contribution is 0.379. The zero-order chi connectivity index (χ0) is 12.8. The van der Waals surface area contributed by atoms with E-state index in [2.05, 4.69) is 11.9 Å². The Balaban J connectivity index is 0.000000308. The topological polar surface area (TPSA) is 81.3 Å². The Kier molecular flexibility index (Phi) is 7.87. The van der Waals surface area contributed by atoms with Crippen molar-refractivity contribution in [3.63, 3.8) is 0 Å². The predicted molar refractivity (Wildman–Crippen MR) is 79.6 cm³/mol. The van der Waals surface area contributed by atoms with Gasteiger partial charge in [0.15, 0.2) is 0 Å². The third kappa shape index (κ3) is 6.17. The molecule has 18 heavy (non-hydrogen) atoms. The van der Waals surface area contributed by atoms with Crippen molar-refractivity contribution in [3.8, 4) is 0 Å². The highest BCUT2D eigenvalue weighted by atomic mass is 35.5. The summed E-state index contributed by atoms with van der Waals surface area (Å²) in [6, 6.07) is 0. The maximum atomic E-state index is 5.21. The normalized spacial score (nSPS) is 26.7. The van der Waals surface area contributed by atoms with Crippen molar-refractivity contribution >= 4 is 11.6 Å². The third-order valence-corrected chi connectivity index (χ3v) is 3.47. The van der Waals surface area contributed by atoms with Gasteiger partial charge in [-0.1, -0.05) is 25.4 Å². The molecule has 1 aliphatic heterocycles. The number of likely N-dealkylation sites (tertiary alicyclic amines) is 1. The van der Waals surface area contributed by atoms with E-state index >= 15 is 0 Å². The van der Waals surface area contributed by atoms with E-state index in [9.17, 15) is 0 Å². The first-order valence-corrected chi connectivity index (χ1v) is 6.39. The molecule has 2 rings (SSSR count). The van der Waals surface area contributed by atoms with Crippen LogP contribution in [0.2, 0.25) is 0 Å². The number of fused-ring (bicyclic) bond motifs is 1. The van der Waals surface area contributed by atoms with Gasteiger partial charge in [0.05, 0.1) is 11.0 Å². The van der Waals surface area contributed by atoms with E-state index in [0.29, 0.717) is 0 Å². The maximum Gasteiger partial charge on any atom is 0.0993 e. The van der Waals surface area contributed by atoms with Crippen LogP contribution >= 0.6 is 11.6 Å². The van der Waals surface area contributed by atoms with Crippen LogP contribution in [-0.2, 0) is 0 Å². The Morgan fingerprint density at radius 3 is 1.94 bits per heavy atom. The Hall–Kier alpha value is -0.870. The monoisotopic (exact) mass is 274 g/mol. The number of allylic oxidation sites excluding steroid dienone is 2. The largest absolute Gasteiger partial charge is 0.389 e. The molecule has 0 aromatic carbocycles.